The molecule has 0 aliphatic carbocycles. The molecule has 6 nitrogen and oxygen atoms in total. The molecule has 3 saturated heterocycles. The number of nitrogens with zero attached hydrogens (tertiary/aromatic N) is 2. The van der Waals surface area contributed by atoms with Gasteiger partial charge in [0.15, 0.2) is 0 Å². The summed E-state index contributed by atoms with van der Waals surface area (Å²) in [7, 11) is 0. The molecule has 2 amide bonds. The van der Waals surface area contributed by atoms with E-state index in [-0.39, 0.29) is 17.9 Å². The molecule has 0 unspecified atom stereocenters. The Morgan fingerprint density at radius 1 is 1.17 bits per heavy atom. The van der Waals surface area contributed by atoms with Gasteiger partial charge in [0.25, 0.3) is 0 Å². The summed E-state index contributed by atoms with van der Waals surface area (Å²) in [6.45, 7) is 5.65. The molecule has 3 fully saturated rings. The van der Waals surface area contributed by atoms with E-state index in [9.17, 15) is 9.59 Å². The molecule has 2 N–H and O–H groups in total. The third-order valence-corrected chi connectivity index (χ3v) is 4.20. The van der Waals surface area contributed by atoms with Crippen LogP contribution in [0.25, 0.3) is 0 Å². The first kappa shape index (κ1) is 11.9. The molecule has 6 heteroatoms. The molecular weight excluding hydrogens is 232 g/mol. The van der Waals surface area contributed by atoms with E-state index in [1.807, 2.05) is 4.90 Å². The molecule has 0 radical (unpaired) electrons. The number of carbonyl (C=O) groups is 2. The minimum absolute atomic E-state index is 0.00697. The summed E-state index contributed by atoms with van der Waals surface area (Å²) in [4.78, 5) is 27.7. The maximum absolute atomic E-state index is 12.2. The minimum Gasteiger partial charge on any atom is -0.344 e. The molecule has 0 bridgehead atoms. The van der Waals surface area contributed by atoms with Crippen LogP contribution < -0.4 is 10.6 Å². The molecule has 0 saturated carbocycles. The molecule has 1 atom stereocenters. The Balaban J connectivity index is 1.49. The van der Waals surface area contributed by atoms with Gasteiger partial charge in [-0.25, -0.2) is 0 Å². The molecule has 18 heavy (non-hydrogen) atoms. The Labute approximate surface area is 107 Å². The van der Waals surface area contributed by atoms with Gasteiger partial charge in [0.1, 0.15) is 6.04 Å². The van der Waals surface area contributed by atoms with Crippen molar-refractivity contribution in [3.8, 4) is 0 Å². The van der Waals surface area contributed by atoms with E-state index in [1.165, 1.54) is 0 Å². The quantitative estimate of drug-likeness (QED) is 0.620. The monoisotopic (exact) mass is 252 g/mol. The van der Waals surface area contributed by atoms with Gasteiger partial charge >= 0.3 is 0 Å². The molecule has 100 valence electrons. The van der Waals surface area contributed by atoms with Crippen LogP contribution in [0.5, 0.6) is 0 Å². The van der Waals surface area contributed by atoms with Crippen LogP contribution in [0.15, 0.2) is 0 Å². The number of rotatable bonds is 2. The van der Waals surface area contributed by atoms with E-state index in [0.717, 1.165) is 39.3 Å². The maximum atomic E-state index is 12.2. The maximum Gasteiger partial charge on any atom is 0.245 e. The highest BCUT2D eigenvalue weighted by Gasteiger charge is 2.34. The number of carbonyl (C=O) groups excluding carboxylic acids is 2. The van der Waals surface area contributed by atoms with Crippen molar-refractivity contribution >= 4 is 11.8 Å². The lowest BCUT2D eigenvalue weighted by atomic mass is 10.1. The van der Waals surface area contributed by atoms with E-state index < -0.39 is 0 Å². The van der Waals surface area contributed by atoms with Crippen molar-refractivity contribution in [3.05, 3.63) is 0 Å². The minimum atomic E-state index is -0.269. The van der Waals surface area contributed by atoms with Crippen LogP contribution in [-0.4, -0.2) is 73.0 Å². The molecule has 3 heterocycles. The number of nitrogens with one attached hydrogen (secondary N) is 2. The Hall–Kier alpha value is -1.14. The van der Waals surface area contributed by atoms with Crippen molar-refractivity contribution in [2.24, 2.45) is 0 Å². The van der Waals surface area contributed by atoms with Gasteiger partial charge in [0.05, 0.1) is 0 Å². The molecule has 0 aromatic rings. The Morgan fingerprint density at radius 2 is 1.89 bits per heavy atom. The second-order valence-corrected chi connectivity index (χ2v) is 5.33. The lowest BCUT2D eigenvalue weighted by molar-refractivity contribution is -0.136. The van der Waals surface area contributed by atoms with Gasteiger partial charge in [-0.05, 0) is 6.42 Å². The molecule has 3 aliphatic rings. The summed E-state index contributed by atoms with van der Waals surface area (Å²) in [6, 6.07) is 0.392. The highest BCUT2D eigenvalue weighted by atomic mass is 16.2. The SMILES string of the molecule is O=C1CC[C@H](C(=O)N2CCN(C3CNC3)CC2)N1. The lowest BCUT2D eigenvalue weighted by Gasteiger charge is -2.43. The lowest BCUT2D eigenvalue weighted by Crippen LogP contribution is -2.62. The summed E-state index contributed by atoms with van der Waals surface area (Å²) in [5.41, 5.74) is 0. The molecule has 0 aromatic carbocycles. The van der Waals surface area contributed by atoms with Crippen molar-refractivity contribution < 1.29 is 9.59 Å². The zero-order valence-corrected chi connectivity index (χ0v) is 10.5. The standard InChI is InChI=1S/C12H20N4O2/c17-11-2-1-10(14-11)12(18)16-5-3-15(4-6-16)9-7-13-8-9/h9-10,13H,1-8H2,(H,14,17)/t10-/m1/s1. The molecule has 0 aromatic heterocycles. The summed E-state index contributed by atoms with van der Waals surface area (Å²) in [5.74, 6) is 0.111. The fourth-order valence-corrected chi connectivity index (χ4v) is 2.86. The Morgan fingerprint density at radius 3 is 2.39 bits per heavy atom. The first-order chi connectivity index (χ1) is 8.74. The first-order valence-electron chi connectivity index (χ1n) is 6.77. The summed E-state index contributed by atoms with van der Waals surface area (Å²) < 4.78 is 0. The van der Waals surface area contributed by atoms with Gasteiger partial charge in [-0.1, -0.05) is 0 Å². The first-order valence-corrected chi connectivity index (χ1v) is 6.77. The van der Waals surface area contributed by atoms with E-state index in [4.69, 9.17) is 0 Å². The van der Waals surface area contributed by atoms with Crippen molar-refractivity contribution in [2.45, 2.75) is 24.9 Å². The van der Waals surface area contributed by atoms with Crippen LogP contribution in [0.4, 0.5) is 0 Å². The normalized spacial score (nSPS) is 30.1. The van der Waals surface area contributed by atoms with Crippen LogP contribution in [0.2, 0.25) is 0 Å². The van der Waals surface area contributed by atoms with E-state index in [0.29, 0.717) is 18.9 Å². The second kappa shape index (κ2) is 4.85. The smallest absolute Gasteiger partial charge is 0.245 e. The zero-order valence-electron chi connectivity index (χ0n) is 10.5. The topological polar surface area (TPSA) is 64.7 Å². The average molecular weight is 252 g/mol. The van der Waals surface area contributed by atoms with Gasteiger partial charge in [-0.2, -0.15) is 0 Å². The summed E-state index contributed by atoms with van der Waals surface area (Å²) in [5, 5.41) is 6.03. The van der Waals surface area contributed by atoms with Crippen LogP contribution >= 0.6 is 0 Å². The number of amides is 2. The summed E-state index contributed by atoms with van der Waals surface area (Å²) >= 11 is 0. The van der Waals surface area contributed by atoms with E-state index in [2.05, 4.69) is 15.5 Å². The van der Waals surface area contributed by atoms with Crippen molar-refractivity contribution in [3.63, 3.8) is 0 Å². The summed E-state index contributed by atoms with van der Waals surface area (Å²) in [6.07, 6.45) is 1.15. The third kappa shape index (κ3) is 2.22. The highest BCUT2D eigenvalue weighted by molar-refractivity contribution is 5.90. The Bertz CT molecular complexity index is 348. The van der Waals surface area contributed by atoms with Crippen LogP contribution in [0.1, 0.15) is 12.8 Å². The predicted octanol–water partition coefficient (Wildman–Crippen LogP) is -1.62. The number of hydrogen-bond donors (Lipinski definition) is 2. The van der Waals surface area contributed by atoms with Crippen molar-refractivity contribution in [2.75, 3.05) is 39.3 Å². The molecule has 3 aliphatic heterocycles. The fourth-order valence-electron chi connectivity index (χ4n) is 2.86. The second-order valence-electron chi connectivity index (χ2n) is 5.33. The van der Waals surface area contributed by atoms with Gasteiger partial charge in [-0.15, -0.1) is 0 Å². The fraction of sp³-hybridized carbons (Fsp3) is 0.833. The average Bonchev–Trinajstić information content (AvgIpc) is 2.74. The number of piperazine rings is 1. The van der Waals surface area contributed by atoms with Gasteiger partial charge in [0.2, 0.25) is 11.8 Å². The molecular formula is C12H20N4O2. The van der Waals surface area contributed by atoms with Gasteiger partial charge in [-0.3, -0.25) is 14.5 Å². The largest absolute Gasteiger partial charge is 0.344 e. The van der Waals surface area contributed by atoms with E-state index >= 15 is 0 Å². The van der Waals surface area contributed by atoms with Crippen molar-refractivity contribution in [1.82, 2.24) is 20.4 Å². The van der Waals surface area contributed by atoms with Crippen LogP contribution in [-0.2, 0) is 9.59 Å². The Kier molecular flexibility index (Phi) is 3.22. The molecule has 0 spiro atoms. The highest BCUT2D eigenvalue weighted by Crippen LogP contribution is 2.14. The molecule has 3 rings (SSSR count). The van der Waals surface area contributed by atoms with Crippen molar-refractivity contribution in [1.29, 1.82) is 0 Å². The van der Waals surface area contributed by atoms with Gasteiger partial charge < -0.3 is 15.5 Å². The van der Waals surface area contributed by atoms with Crippen LogP contribution in [0, 0.1) is 0 Å². The predicted molar refractivity (Wildman–Crippen MR) is 66.0 cm³/mol. The van der Waals surface area contributed by atoms with Gasteiger partial charge in [0, 0.05) is 51.7 Å². The third-order valence-electron chi connectivity index (χ3n) is 4.20. The van der Waals surface area contributed by atoms with Crippen LogP contribution in [0.3, 0.4) is 0 Å². The zero-order chi connectivity index (χ0) is 12.5. The number of hydrogen-bond acceptors (Lipinski definition) is 4. The van der Waals surface area contributed by atoms with E-state index in [1.54, 1.807) is 0 Å².